The second kappa shape index (κ2) is 5.91. The average Bonchev–Trinajstić information content (AvgIpc) is 2.46. The van der Waals surface area contributed by atoms with E-state index in [2.05, 4.69) is 0 Å². The Hall–Kier alpha value is -2.49. The first-order valence-electron chi connectivity index (χ1n) is 5.79. The third kappa shape index (κ3) is 3.25. The van der Waals surface area contributed by atoms with Crippen LogP contribution in [0.3, 0.4) is 0 Å². The molecule has 0 saturated carbocycles. The van der Waals surface area contributed by atoms with E-state index in [4.69, 9.17) is 14.6 Å². The molecule has 0 aliphatic carbocycles. The molecule has 0 bridgehead atoms. The van der Waals surface area contributed by atoms with Gasteiger partial charge in [-0.25, -0.2) is 4.79 Å². The molecule has 2 rings (SSSR count). The summed E-state index contributed by atoms with van der Waals surface area (Å²) in [5, 5.41) is 9.06. The average molecular weight is 258 g/mol. The van der Waals surface area contributed by atoms with Gasteiger partial charge < -0.3 is 14.6 Å². The van der Waals surface area contributed by atoms with Gasteiger partial charge in [0.2, 0.25) is 0 Å². The number of ether oxygens (including phenoxy) is 2. The largest absolute Gasteiger partial charge is 0.497 e. The first kappa shape index (κ1) is 13.0. The molecule has 0 radical (unpaired) electrons. The summed E-state index contributed by atoms with van der Waals surface area (Å²) in [7, 11) is 1.60. The highest BCUT2D eigenvalue weighted by Crippen LogP contribution is 2.19. The van der Waals surface area contributed by atoms with E-state index in [1.165, 1.54) is 0 Å². The lowest BCUT2D eigenvalue weighted by Gasteiger charge is -2.09. The van der Waals surface area contributed by atoms with Crippen LogP contribution in [0.15, 0.2) is 48.5 Å². The van der Waals surface area contributed by atoms with Gasteiger partial charge in [-0.2, -0.15) is 0 Å². The van der Waals surface area contributed by atoms with Gasteiger partial charge in [0.25, 0.3) is 0 Å². The number of carboxylic acids is 1. The van der Waals surface area contributed by atoms with E-state index in [9.17, 15) is 4.79 Å². The summed E-state index contributed by atoms with van der Waals surface area (Å²) in [5.41, 5.74) is 0.904. The molecule has 0 aliphatic rings. The van der Waals surface area contributed by atoms with Crippen LogP contribution in [0.25, 0.3) is 0 Å². The number of methoxy groups -OCH3 is 1. The minimum atomic E-state index is -0.950. The van der Waals surface area contributed by atoms with Crippen molar-refractivity contribution >= 4 is 5.97 Å². The van der Waals surface area contributed by atoms with Crippen LogP contribution in [-0.2, 0) is 6.61 Å². The summed E-state index contributed by atoms with van der Waals surface area (Å²) in [6, 6.07) is 13.9. The highest BCUT2D eigenvalue weighted by molar-refractivity contribution is 5.89. The number of carbonyl (C=O) groups is 1. The predicted molar refractivity (Wildman–Crippen MR) is 70.7 cm³/mol. The Labute approximate surface area is 111 Å². The molecule has 19 heavy (non-hydrogen) atoms. The minimum absolute atomic E-state index is 0.217. The molecule has 0 aromatic heterocycles. The topological polar surface area (TPSA) is 55.8 Å². The lowest BCUT2D eigenvalue weighted by Crippen LogP contribution is -2.05. The van der Waals surface area contributed by atoms with Crippen LogP contribution < -0.4 is 9.47 Å². The van der Waals surface area contributed by atoms with Crippen molar-refractivity contribution in [3.8, 4) is 11.5 Å². The molecule has 98 valence electrons. The van der Waals surface area contributed by atoms with E-state index < -0.39 is 5.97 Å². The Morgan fingerprint density at radius 3 is 2.32 bits per heavy atom. The Morgan fingerprint density at radius 1 is 1.05 bits per heavy atom. The number of hydrogen-bond donors (Lipinski definition) is 1. The highest BCUT2D eigenvalue weighted by atomic mass is 16.5. The fraction of sp³-hybridized carbons (Fsp3) is 0.133. The van der Waals surface area contributed by atoms with Crippen molar-refractivity contribution in [3.63, 3.8) is 0 Å². The molecule has 4 nitrogen and oxygen atoms in total. The number of benzene rings is 2. The smallest absolute Gasteiger partial charge is 0.336 e. The summed E-state index contributed by atoms with van der Waals surface area (Å²) in [6.45, 7) is 0.217. The molecular weight excluding hydrogens is 244 g/mol. The van der Waals surface area contributed by atoms with Gasteiger partial charge in [-0.3, -0.25) is 0 Å². The van der Waals surface area contributed by atoms with Crippen molar-refractivity contribution in [3.05, 3.63) is 59.7 Å². The third-order valence-electron chi connectivity index (χ3n) is 2.70. The van der Waals surface area contributed by atoms with Crippen LogP contribution in [0.5, 0.6) is 11.5 Å². The van der Waals surface area contributed by atoms with E-state index in [0.29, 0.717) is 11.3 Å². The zero-order chi connectivity index (χ0) is 13.7. The van der Waals surface area contributed by atoms with Gasteiger partial charge in [0.1, 0.15) is 18.1 Å². The van der Waals surface area contributed by atoms with E-state index in [1.807, 2.05) is 0 Å². The van der Waals surface area contributed by atoms with Gasteiger partial charge >= 0.3 is 5.97 Å². The standard InChI is InChI=1S/C15H14O4/c1-18-12-6-8-13(9-7-12)19-10-11-4-2-3-5-14(11)15(16)17/h2-9H,10H2,1H3,(H,16,17). The molecule has 0 aliphatic heterocycles. The molecule has 0 spiro atoms. The molecule has 1 N–H and O–H groups in total. The zero-order valence-electron chi connectivity index (χ0n) is 10.5. The summed E-state index contributed by atoms with van der Waals surface area (Å²) < 4.78 is 10.6. The fourth-order valence-electron chi connectivity index (χ4n) is 1.69. The first-order chi connectivity index (χ1) is 9.20. The molecule has 0 amide bonds. The molecule has 4 heteroatoms. The molecular formula is C15H14O4. The maximum absolute atomic E-state index is 11.0. The van der Waals surface area contributed by atoms with Gasteiger partial charge in [-0.05, 0) is 30.3 Å². The summed E-state index contributed by atoms with van der Waals surface area (Å²) >= 11 is 0. The Morgan fingerprint density at radius 2 is 1.68 bits per heavy atom. The van der Waals surface area contributed by atoms with Crippen LogP contribution in [0.4, 0.5) is 0 Å². The molecule has 0 unspecified atom stereocenters. The van der Waals surface area contributed by atoms with Crippen LogP contribution in [0, 0.1) is 0 Å². The number of hydrogen-bond acceptors (Lipinski definition) is 3. The van der Waals surface area contributed by atoms with Crippen molar-refractivity contribution in [2.24, 2.45) is 0 Å². The monoisotopic (exact) mass is 258 g/mol. The molecule has 0 fully saturated rings. The van der Waals surface area contributed by atoms with Crippen LogP contribution in [-0.4, -0.2) is 18.2 Å². The van der Waals surface area contributed by atoms with Crippen molar-refractivity contribution in [2.75, 3.05) is 7.11 Å². The zero-order valence-corrected chi connectivity index (χ0v) is 10.5. The third-order valence-corrected chi connectivity index (χ3v) is 2.70. The Kier molecular flexibility index (Phi) is 4.03. The van der Waals surface area contributed by atoms with Crippen LogP contribution in [0.1, 0.15) is 15.9 Å². The second-order valence-corrected chi connectivity index (χ2v) is 3.93. The van der Waals surface area contributed by atoms with Gasteiger partial charge in [0.05, 0.1) is 12.7 Å². The quantitative estimate of drug-likeness (QED) is 0.895. The number of aromatic carboxylic acids is 1. The normalized spacial score (nSPS) is 9.95. The van der Waals surface area contributed by atoms with Crippen molar-refractivity contribution in [1.82, 2.24) is 0 Å². The molecule has 0 saturated heterocycles. The molecule has 0 atom stereocenters. The Balaban J connectivity index is 2.07. The first-order valence-corrected chi connectivity index (χ1v) is 5.79. The van der Waals surface area contributed by atoms with Gasteiger partial charge in [-0.15, -0.1) is 0 Å². The van der Waals surface area contributed by atoms with E-state index in [0.717, 1.165) is 5.75 Å². The summed E-state index contributed by atoms with van der Waals surface area (Å²) in [4.78, 5) is 11.0. The minimum Gasteiger partial charge on any atom is -0.497 e. The van der Waals surface area contributed by atoms with Gasteiger partial charge in [0.15, 0.2) is 0 Å². The van der Waals surface area contributed by atoms with E-state index >= 15 is 0 Å². The maximum Gasteiger partial charge on any atom is 0.336 e. The fourth-order valence-corrected chi connectivity index (χ4v) is 1.69. The molecule has 2 aromatic carbocycles. The highest BCUT2D eigenvalue weighted by Gasteiger charge is 2.09. The van der Waals surface area contributed by atoms with Crippen molar-refractivity contribution < 1.29 is 19.4 Å². The SMILES string of the molecule is COc1ccc(OCc2ccccc2C(=O)O)cc1. The second-order valence-electron chi connectivity index (χ2n) is 3.93. The van der Waals surface area contributed by atoms with Gasteiger partial charge in [-0.1, -0.05) is 18.2 Å². The summed E-state index contributed by atoms with van der Waals surface area (Å²) in [5.74, 6) is 0.466. The van der Waals surface area contributed by atoms with E-state index in [-0.39, 0.29) is 12.2 Å². The van der Waals surface area contributed by atoms with Gasteiger partial charge in [0, 0.05) is 5.56 Å². The van der Waals surface area contributed by atoms with Crippen LogP contribution in [0.2, 0.25) is 0 Å². The number of rotatable bonds is 5. The van der Waals surface area contributed by atoms with Crippen molar-refractivity contribution in [1.29, 1.82) is 0 Å². The summed E-state index contributed by atoms with van der Waals surface area (Å²) in [6.07, 6.45) is 0. The lowest BCUT2D eigenvalue weighted by molar-refractivity contribution is 0.0694. The Bertz CT molecular complexity index is 561. The molecule has 2 aromatic rings. The van der Waals surface area contributed by atoms with E-state index in [1.54, 1.807) is 55.6 Å². The number of carboxylic acid groups (broad SMARTS) is 1. The maximum atomic E-state index is 11.0. The van der Waals surface area contributed by atoms with Crippen LogP contribution >= 0.6 is 0 Å². The molecule has 0 heterocycles. The predicted octanol–water partition coefficient (Wildman–Crippen LogP) is 2.97. The lowest BCUT2D eigenvalue weighted by atomic mass is 10.1. The van der Waals surface area contributed by atoms with Crippen molar-refractivity contribution in [2.45, 2.75) is 6.61 Å².